The zero-order chi connectivity index (χ0) is 25.5. The Morgan fingerprint density at radius 3 is 2.67 bits per heavy atom. The Morgan fingerprint density at radius 1 is 1.14 bits per heavy atom. The van der Waals surface area contributed by atoms with E-state index in [1.165, 1.54) is 36.6 Å². The quantitative estimate of drug-likeness (QED) is 0.534. The number of benzene rings is 1. The molecule has 2 amide bonds. The molecule has 10 nitrogen and oxygen atoms in total. The second-order valence-electron chi connectivity index (χ2n) is 8.30. The Kier molecular flexibility index (Phi) is 8.40. The molecule has 2 heterocycles. The summed E-state index contributed by atoms with van der Waals surface area (Å²) in [5.41, 5.74) is 1.68. The zero-order valence-electron chi connectivity index (χ0n) is 20.0. The number of rotatable bonds is 8. The standard InChI is InChI=1S/C25H27N3O7S/c1-32-20-12-16(6-7-19(20)34-15-23(30)28-8-10-33-11-9-28)25(31)35-14-22(29)27-24-18(13-26)17-4-2-3-5-21(17)36-24/h6-7,12H,2-5,8-11,14-15H2,1H3,(H,27,29). The van der Waals surface area contributed by atoms with E-state index in [-0.39, 0.29) is 23.8 Å². The molecule has 1 aromatic heterocycles. The van der Waals surface area contributed by atoms with Crippen LogP contribution in [0, 0.1) is 11.3 Å². The molecule has 190 valence electrons. The fraction of sp³-hybridized carbons (Fsp3) is 0.440. The Morgan fingerprint density at radius 2 is 1.92 bits per heavy atom. The van der Waals surface area contributed by atoms with Gasteiger partial charge < -0.3 is 29.2 Å². The van der Waals surface area contributed by atoms with E-state index in [0.29, 0.717) is 42.6 Å². The molecule has 0 bridgehead atoms. The highest BCUT2D eigenvalue weighted by Crippen LogP contribution is 2.37. The number of amides is 2. The van der Waals surface area contributed by atoms with Gasteiger partial charge in [-0.2, -0.15) is 5.26 Å². The molecule has 0 atom stereocenters. The summed E-state index contributed by atoms with van der Waals surface area (Å²) in [6.07, 6.45) is 3.84. The number of thiophene rings is 1. The van der Waals surface area contributed by atoms with Gasteiger partial charge in [-0.05, 0) is 49.4 Å². The van der Waals surface area contributed by atoms with Crippen LogP contribution in [-0.4, -0.2) is 69.3 Å². The van der Waals surface area contributed by atoms with Crippen LogP contribution in [0.5, 0.6) is 11.5 Å². The molecule has 2 aromatic rings. The Hall–Kier alpha value is -3.62. The number of morpholine rings is 1. The van der Waals surface area contributed by atoms with Crippen molar-refractivity contribution in [3.05, 3.63) is 39.8 Å². The van der Waals surface area contributed by atoms with Gasteiger partial charge in [0.05, 0.1) is 31.5 Å². The zero-order valence-corrected chi connectivity index (χ0v) is 20.8. The van der Waals surface area contributed by atoms with Gasteiger partial charge in [-0.15, -0.1) is 11.3 Å². The van der Waals surface area contributed by atoms with Crippen LogP contribution < -0.4 is 14.8 Å². The van der Waals surface area contributed by atoms with Gasteiger partial charge in [-0.25, -0.2) is 4.79 Å². The predicted octanol–water partition coefficient (Wildman–Crippen LogP) is 2.54. The average Bonchev–Trinajstić information content (AvgIpc) is 3.27. The molecule has 1 fully saturated rings. The van der Waals surface area contributed by atoms with Crippen LogP contribution in [0.2, 0.25) is 0 Å². The summed E-state index contributed by atoms with van der Waals surface area (Å²) >= 11 is 1.41. The molecule has 36 heavy (non-hydrogen) atoms. The first-order chi connectivity index (χ1) is 17.5. The molecular weight excluding hydrogens is 486 g/mol. The molecule has 0 saturated carbocycles. The number of aryl methyl sites for hydroxylation is 1. The number of nitrogens with zero attached hydrogens (tertiary/aromatic N) is 2. The van der Waals surface area contributed by atoms with E-state index in [0.717, 1.165) is 36.1 Å². The minimum Gasteiger partial charge on any atom is -0.493 e. The van der Waals surface area contributed by atoms with Crippen molar-refractivity contribution in [3.63, 3.8) is 0 Å². The van der Waals surface area contributed by atoms with Gasteiger partial charge in [-0.3, -0.25) is 9.59 Å². The number of ether oxygens (including phenoxy) is 4. The van der Waals surface area contributed by atoms with E-state index in [2.05, 4.69) is 11.4 Å². The lowest BCUT2D eigenvalue weighted by molar-refractivity contribution is -0.137. The van der Waals surface area contributed by atoms with Gasteiger partial charge in [0.1, 0.15) is 11.1 Å². The minimum atomic E-state index is -0.717. The molecule has 0 unspecified atom stereocenters. The molecule has 1 aromatic carbocycles. The number of esters is 1. The molecule has 1 saturated heterocycles. The SMILES string of the molecule is COc1cc(C(=O)OCC(=O)Nc2sc3c(c2C#N)CCCC3)ccc1OCC(=O)N1CCOCC1. The van der Waals surface area contributed by atoms with Crippen LogP contribution in [-0.2, 0) is 31.9 Å². The molecule has 0 spiro atoms. The van der Waals surface area contributed by atoms with E-state index in [1.807, 2.05) is 0 Å². The van der Waals surface area contributed by atoms with Crippen molar-refractivity contribution < 1.29 is 33.3 Å². The van der Waals surface area contributed by atoms with E-state index < -0.39 is 18.5 Å². The van der Waals surface area contributed by atoms with Gasteiger partial charge in [0.2, 0.25) is 0 Å². The van der Waals surface area contributed by atoms with Crippen LogP contribution in [0.25, 0.3) is 0 Å². The smallest absolute Gasteiger partial charge is 0.338 e. The third-order valence-corrected chi connectivity index (χ3v) is 7.19. The Bertz CT molecular complexity index is 1180. The van der Waals surface area contributed by atoms with E-state index in [9.17, 15) is 19.6 Å². The normalized spacial score (nSPS) is 14.8. The van der Waals surface area contributed by atoms with Crippen molar-refractivity contribution >= 4 is 34.1 Å². The summed E-state index contributed by atoms with van der Waals surface area (Å²) in [4.78, 5) is 40.0. The maximum atomic E-state index is 12.5. The van der Waals surface area contributed by atoms with Gasteiger partial charge in [0.15, 0.2) is 24.7 Å². The number of fused-ring (bicyclic) bond motifs is 1. The average molecular weight is 514 g/mol. The third kappa shape index (κ3) is 5.95. The summed E-state index contributed by atoms with van der Waals surface area (Å²) in [6, 6.07) is 6.59. The molecule has 4 rings (SSSR count). The van der Waals surface area contributed by atoms with Crippen LogP contribution >= 0.6 is 11.3 Å². The molecular formula is C25H27N3O7S. The largest absolute Gasteiger partial charge is 0.493 e. The number of nitrogens with one attached hydrogen (secondary N) is 1. The summed E-state index contributed by atoms with van der Waals surface area (Å²) in [7, 11) is 1.42. The Balaban J connectivity index is 1.31. The van der Waals surface area contributed by atoms with E-state index >= 15 is 0 Å². The number of hydrogen-bond acceptors (Lipinski definition) is 9. The fourth-order valence-electron chi connectivity index (χ4n) is 4.11. The lowest BCUT2D eigenvalue weighted by atomic mass is 9.96. The molecule has 1 aliphatic carbocycles. The van der Waals surface area contributed by atoms with Crippen molar-refractivity contribution in [2.24, 2.45) is 0 Å². The lowest BCUT2D eigenvalue weighted by Crippen LogP contribution is -2.43. The highest BCUT2D eigenvalue weighted by atomic mass is 32.1. The number of nitriles is 1. The van der Waals surface area contributed by atoms with Gasteiger partial charge in [-0.1, -0.05) is 0 Å². The Labute approximate surface area is 212 Å². The van der Waals surface area contributed by atoms with Crippen LogP contribution in [0.15, 0.2) is 18.2 Å². The first-order valence-corrected chi connectivity index (χ1v) is 12.5. The van der Waals surface area contributed by atoms with Crippen molar-refractivity contribution in [3.8, 4) is 17.6 Å². The molecule has 1 N–H and O–H groups in total. The molecule has 2 aliphatic rings. The second kappa shape index (κ2) is 11.9. The van der Waals surface area contributed by atoms with E-state index in [4.69, 9.17) is 18.9 Å². The van der Waals surface area contributed by atoms with Crippen LogP contribution in [0.1, 0.15) is 39.2 Å². The maximum absolute atomic E-state index is 12.5. The third-order valence-electron chi connectivity index (χ3n) is 5.98. The number of carbonyl (C=O) groups is 3. The van der Waals surface area contributed by atoms with Crippen molar-refractivity contribution in [1.29, 1.82) is 5.26 Å². The molecule has 0 radical (unpaired) electrons. The number of carbonyl (C=O) groups excluding carboxylic acids is 3. The van der Waals surface area contributed by atoms with E-state index in [1.54, 1.807) is 4.90 Å². The number of methoxy groups -OCH3 is 1. The van der Waals surface area contributed by atoms with Gasteiger partial charge in [0, 0.05) is 18.0 Å². The highest BCUT2D eigenvalue weighted by molar-refractivity contribution is 7.16. The van der Waals surface area contributed by atoms with Crippen molar-refractivity contribution in [1.82, 2.24) is 4.90 Å². The molecule has 1 aliphatic heterocycles. The topological polar surface area (TPSA) is 127 Å². The van der Waals surface area contributed by atoms with Crippen LogP contribution in [0.3, 0.4) is 0 Å². The van der Waals surface area contributed by atoms with Crippen molar-refractivity contribution in [2.75, 3.05) is 51.9 Å². The summed E-state index contributed by atoms with van der Waals surface area (Å²) in [6.45, 7) is 1.37. The minimum absolute atomic E-state index is 0.163. The lowest BCUT2D eigenvalue weighted by Gasteiger charge is -2.26. The maximum Gasteiger partial charge on any atom is 0.338 e. The van der Waals surface area contributed by atoms with Crippen molar-refractivity contribution in [2.45, 2.75) is 25.7 Å². The highest BCUT2D eigenvalue weighted by Gasteiger charge is 2.23. The monoisotopic (exact) mass is 513 g/mol. The van der Waals surface area contributed by atoms with Gasteiger partial charge in [0.25, 0.3) is 11.8 Å². The molecule has 11 heteroatoms. The van der Waals surface area contributed by atoms with Crippen LogP contribution in [0.4, 0.5) is 5.00 Å². The fourth-order valence-corrected chi connectivity index (χ4v) is 5.36. The summed E-state index contributed by atoms with van der Waals surface area (Å²) in [5, 5.41) is 12.7. The second-order valence-corrected chi connectivity index (χ2v) is 9.40. The summed E-state index contributed by atoms with van der Waals surface area (Å²) < 4.78 is 21.3. The number of anilines is 1. The first-order valence-electron chi connectivity index (χ1n) is 11.7. The van der Waals surface area contributed by atoms with Gasteiger partial charge >= 0.3 is 5.97 Å². The number of hydrogen-bond donors (Lipinski definition) is 1. The predicted molar refractivity (Wildman–Crippen MR) is 130 cm³/mol. The first kappa shape index (κ1) is 25.5. The summed E-state index contributed by atoms with van der Waals surface area (Å²) in [5.74, 6) is -0.844.